The highest BCUT2D eigenvalue weighted by Gasteiger charge is 2.60. The van der Waals surface area contributed by atoms with E-state index in [-0.39, 0.29) is 24.0 Å². The maximum Gasteiger partial charge on any atom is 0.346 e. The van der Waals surface area contributed by atoms with E-state index in [1.54, 1.807) is 17.4 Å². The van der Waals surface area contributed by atoms with Gasteiger partial charge in [0, 0.05) is 16.4 Å². The molecule has 0 N–H and O–H groups in total. The molecule has 2 aliphatic rings. The summed E-state index contributed by atoms with van der Waals surface area (Å²) in [7, 11) is 0. The Bertz CT molecular complexity index is 1170. The van der Waals surface area contributed by atoms with Gasteiger partial charge in [-0.05, 0) is 35.6 Å². The zero-order chi connectivity index (χ0) is 21.3. The smallest absolute Gasteiger partial charge is 0.346 e. The largest absolute Gasteiger partial charge is 0.457 e. The van der Waals surface area contributed by atoms with Gasteiger partial charge in [-0.3, -0.25) is 0 Å². The number of esters is 2. The summed E-state index contributed by atoms with van der Waals surface area (Å²) in [5, 5.41) is 1.96. The summed E-state index contributed by atoms with van der Waals surface area (Å²) >= 11 is 1.54. The van der Waals surface area contributed by atoms with E-state index in [4.69, 9.17) is 14.5 Å². The summed E-state index contributed by atoms with van der Waals surface area (Å²) in [4.78, 5) is 32.1. The number of cyclic esters (lactones) is 1. The first-order valence-electron chi connectivity index (χ1n) is 10.0. The topological polar surface area (TPSA) is 65.0 Å². The molecule has 5 rings (SSSR count). The third-order valence-corrected chi connectivity index (χ3v) is 6.58. The molecule has 0 saturated carbocycles. The molecule has 31 heavy (non-hydrogen) atoms. The quantitative estimate of drug-likeness (QED) is 0.554. The minimum Gasteiger partial charge on any atom is -0.457 e. The molecule has 6 heteroatoms. The van der Waals surface area contributed by atoms with Crippen LogP contribution in [-0.4, -0.2) is 23.4 Å². The van der Waals surface area contributed by atoms with Crippen LogP contribution in [0.3, 0.4) is 0 Å². The lowest BCUT2D eigenvalue weighted by molar-refractivity contribution is -0.145. The Hall–Kier alpha value is -3.51. The van der Waals surface area contributed by atoms with Gasteiger partial charge >= 0.3 is 11.9 Å². The first-order valence-corrected chi connectivity index (χ1v) is 10.9. The van der Waals surface area contributed by atoms with E-state index in [0.717, 1.165) is 10.4 Å². The fraction of sp³-hybridized carbons (Fsp3) is 0.160. The normalized spacial score (nSPS) is 22.2. The van der Waals surface area contributed by atoms with Gasteiger partial charge in [0.25, 0.3) is 0 Å². The van der Waals surface area contributed by atoms with E-state index in [1.165, 1.54) is 0 Å². The predicted molar refractivity (Wildman–Crippen MR) is 118 cm³/mol. The van der Waals surface area contributed by atoms with Gasteiger partial charge in [0.2, 0.25) is 11.4 Å². The summed E-state index contributed by atoms with van der Waals surface area (Å²) in [5.41, 5.74) is 0.393. The summed E-state index contributed by atoms with van der Waals surface area (Å²) in [5.74, 6) is -1.15. The van der Waals surface area contributed by atoms with Crippen molar-refractivity contribution in [1.29, 1.82) is 0 Å². The van der Waals surface area contributed by atoms with Gasteiger partial charge in [0.15, 0.2) is 0 Å². The van der Waals surface area contributed by atoms with E-state index in [1.807, 2.05) is 78.2 Å². The van der Waals surface area contributed by atoms with Crippen molar-refractivity contribution in [2.24, 2.45) is 4.99 Å². The van der Waals surface area contributed by atoms with Gasteiger partial charge in [-0.1, -0.05) is 60.7 Å². The van der Waals surface area contributed by atoms with E-state index < -0.39 is 17.5 Å². The van der Waals surface area contributed by atoms with Crippen LogP contribution in [0.15, 0.2) is 94.8 Å². The number of allylic oxidation sites excluding steroid dienone is 1. The number of nitrogens with zero attached hydrogens (tertiary/aromatic N) is 1. The lowest BCUT2D eigenvalue weighted by Crippen LogP contribution is -2.42. The molecule has 2 atom stereocenters. The van der Waals surface area contributed by atoms with Crippen molar-refractivity contribution in [2.45, 2.75) is 24.5 Å². The van der Waals surface area contributed by atoms with Gasteiger partial charge in [0.1, 0.15) is 6.61 Å². The van der Waals surface area contributed by atoms with Crippen molar-refractivity contribution in [3.63, 3.8) is 0 Å². The van der Waals surface area contributed by atoms with Crippen molar-refractivity contribution in [3.05, 3.63) is 106 Å². The number of carbonyl (C=O) groups is 2. The van der Waals surface area contributed by atoms with Gasteiger partial charge in [0.05, 0.1) is 5.57 Å². The van der Waals surface area contributed by atoms with Crippen LogP contribution in [0.4, 0.5) is 0 Å². The maximum absolute atomic E-state index is 13.3. The van der Waals surface area contributed by atoms with Crippen LogP contribution < -0.4 is 0 Å². The van der Waals surface area contributed by atoms with Gasteiger partial charge < -0.3 is 9.47 Å². The Morgan fingerprint density at radius 1 is 1.06 bits per heavy atom. The minimum absolute atomic E-state index is 0.126. The molecule has 5 nitrogen and oxygen atoms in total. The molecule has 0 radical (unpaired) electrons. The minimum atomic E-state index is -1.43. The zero-order valence-electron chi connectivity index (χ0n) is 16.6. The Labute approximate surface area is 183 Å². The predicted octanol–water partition coefficient (Wildman–Crippen LogP) is 4.65. The van der Waals surface area contributed by atoms with Crippen LogP contribution in [0.2, 0.25) is 0 Å². The molecule has 2 aromatic carbocycles. The van der Waals surface area contributed by atoms with Gasteiger partial charge in [-0.15, -0.1) is 11.3 Å². The van der Waals surface area contributed by atoms with Crippen molar-refractivity contribution in [2.75, 3.05) is 0 Å². The van der Waals surface area contributed by atoms with Gasteiger partial charge in [-0.2, -0.15) is 0 Å². The van der Waals surface area contributed by atoms with Crippen LogP contribution in [0.25, 0.3) is 0 Å². The third-order valence-electron chi connectivity index (χ3n) is 5.59. The van der Waals surface area contributed by atoms with E-state index in [2.05, 4.69) is 0 Å². The lowest BCUT2D eigenvalue weighted by Gasteiger charge is -2.26. The SMILES string of the molecule is O=C(OCc1ccccc1)C1=CC[C@@H](c2cccs2)[C@@]12N=C(c1ccccc1)OC2=O. The number of hydrogen-bond acceptors (Lipinski definition) is 6. The highest BCUT2D eigenvalue weighted by atomic mass is 32.1. The molecular weight excluding hydrogens is 410 g/mol. The standard InChI is InChI=1S/C25H19NO4S/c27-23(29-16-17-8-3-1-4-9-17)20-14-13-19(21-12-7-15-31-21)25(20)24(28)30-22(26-25)18-10-5-2-6-11-18/h1-12,14-15,19H,13,16H2/t19-,25+/m0/s1. The molecule has 154 valence electrons. The number of rotatable bonds is 5. The number of ether oxygens (including phenoxy) is 2. The van der Waals surface area contributed by atoms with Crippen LogP contribution in [0.1, 0.15) is 28.3 Å². The molecule has 3 aromatic rings. The second-order valence-corrected chi connectivity index (χ2v) is 8.40. The second-order valence-electron chi connectivity index (χ2n) is 7.42. The molecule has 0 unspecified atom stereocenters. The first-order chi connectivity index (χ1) is 15.2. The van der Waals surface area contributed by atoms with E-state index >= 15 is 0 Å². The average molecular weight is 429 g/mol. The van der Waals surface area contributed by atoms with Crippen molar-refractivity contribution < 1.29 is 19.1 Å². The molecular formula is C25H19NO4S. The third kappa shape index (κ3) is 3.39. The summed E-state index contributed by atoms with van der Waals surface area (Å²) in [6.07, 6.45) is 2.29. The fourth-order valence-electron chi connectivity index (χ4n) is 4.09. The summed E-state index contributed by atoms with van der Waals surface area (Å²) < 4.78 is 11.2. The van der Waals surface area contributed by atoms with Crippen molar-refractivity contribution in [1.82, 2.24) is 0 Å². The van der Waals surface area contributed by atoms with Crippen LogP contribution >= 0.6 is 11.3 Å². The molecule has 1 aliphatic heterocycles. The molecule has 0 bridgehead atoms. The molecule has 2 heterocycles. The molecule has 0 fully saturated rings. The van der Waals surface area contributed by atoms with Crippen LogP contribution in [0, 0.1) is 0 Å². The number of carbonyl (C=O) groups excluding carboxylic acids is 2. The molecule has 1 aromatic heterocycles. The zero-order valence-corrected chi connectivity index (χ0v) is 17.4. The molecule has 0 saturated heterocycles. The Balaban J connectivity index is 1.51. The molecule has 0 amide bonds. The number of hydrogen-bond donors (Lipinski definition) is 0. The van der Waals surface area contributed by atoms with E-state index in [9.17, 15) is 9.59 Å². The highest BCUT2D eigenvalue weighted by molar-refractivity contribution is 7.10. The Morgan fingerprint density at radius 2 is 1.81 bits per heavy atom. The van der Waals surface area contributed by atoms with Crippen LogP contribution in [-0.2, 0) is 25.7 Å². The van der Waals surface area contributed by atoms with Crippen molar-refractivity contribution >= 4 is 29.2 Å². The maximum atomic E-state index is 13.3. The Kier molecular flexibility index (Phi) is 5.00. The average Bonchev–Trinajstić information content (AvgIpc) is 3.54. The first kappa shape index (κ1) is 19.5. The molecule has 1 aliphatic carbocycles. The van der Waals surface area contributed by atoms with Gasteiger partial charge in [-0.25, -0.2) is 14.6 Å². The fourth-order valence-corrected chi connectivity index (χ4v) is 4.99. The Morgan fingerprint density at radius 3 is 2.52 bits per heavy atom. The molecule has 1 spiro atoms. The number of aliphatic imine (C=N–C) groups is 1. The lowest BCUT2D eigenvalue weighted by atomic mass is 9.82. The van der Waals surface area contributed by atoms with Crippen molar-refractivity contribution in [3.8, 4) is 0 Å². The number of thiophene rings is 1. The van der Waals surface area contributed by atoms with E-state index in [0.29, 0.717) is 12.0 Å². The number of benzene rings is 2. The highest BCUT2D eigenvalue weighted by Crippen LogP contribution is 2.50. The summed E-state index contributed by atoms with van der Waals surface area (Å²) in [6.45, 7) is 0.126. The summed E-state index contributed by atoms with van der Waals surface area (Å²) in [6, 6.07) is 22.6. The monoisotopic (exact) mass is 429 g/mol. The second kappa shape index (κ2) is 7.96. The van der Waals surface area contributed by atoms with Crippen LogP contribution in [0.5, 0.6) is 0 Å².